The van der Waals surface area contributed by atoms with E-state index in [1.54, 1.807) is 0 Å². The highest BCUT2D eigenvalue weighted by molar-refractivity contribution is 7.89. The first-order chi connectivity index (χ1) is 11.2. The van der Waals surface area contributed by atoms with Crippen LogP contribution in [-0.4, -0.2) is 26.4 Å². The molecule has 0 fully saturated rings. The van der Waals surface area contributed by atoms with Gasteiger partial charge in [0.2, 0.25) is 10.0 Å². The number of halogens is 4. The SMILES string of the molecule is CN(Cc1ccc(OC(F)F)cc1)S(=O)(=O)c1ccc(F)c(Cl)c1. The maximum atomic E-state index is 13.2. The lowest BCUT2D eigenvalue weighted by Crippen LogP contribution is -2.26. The second-order valence-corrected chi connectivity index (χ2v) is 7.31. The van der Waals surface area contributed by atoms with Gasteiger partial charge in [-0.05, 0) is 35.9 Å². The Balaban J connectivity index is 2.15. The summed E-state index contributed by atoms with van der Waals surface area (Å²) in [4.78, 5) is -0.144. The van der Waals surface area contributed by atoms with Crippen molar-refractivity contribution in [2.24, 2.45) is 0 Å². The molecule has 0 aliphatic heterocycles. The monoisotopic (exact) mass is 379 g/mol. The molecule has 0 aliphatic rings. The van der Waals surface area contributed by atoms with Gasteiger partial charge in [-0.1, -0.05) is 23.7 Å². The van der Waals surface area contributed by atoms with Crippen molar-refractivity contribution in [2.45, 2.75) is 18.1 Å². The van der Waals surface area contributed by atoms with Gasteiger partial charge >= 0.3 is 6.61 Å². The number of sulfonamides is 1. The molecule has 0 unspecified atom stereocenters. The molecule has 0 N–H and O–H groups in total. The van der Waals surface area contributed by atoms with E-state index in [1.165, 1.54) is 31.3 Å². The molecular weight excluding hydrogens is 367 g/mol. The first-order valence-corrected chi connectivity index (χ1v) is 8.47. The first kappa shape index (κ1) is 18.6. The van der Waals surface area contributed by atoms with E-state index in [9.17, 15) is 21.6 Å². The fourth-order valence-corrected chi connectivity index (χ4v) is 3.37. The predicted octanol–water partition coefficient (Wildman–Crippen LogP) is 3.90. The van der Waals surface area contributed by atoms with E-state index in [4.69, 9.17) is 11.6 Å². The highest BCUT2D eigenvalue weighted by atomic mass is 35.5. The van der Waals surface area contributed by atoms with E-state index < -0.39 is 22.5 Å². The fourth-order valence-electron chi connectivity index (χ4n) is 1.94. The maximum Gasteiger partial charge on any atom is 0.387 e. The average molecular weight is 380 g/mol. The smallest absolute Gasteiger partial charge is 0.387 e. The van der Waals surface area contributed by atoms with E-state index in [1.807, 2.05) is 0 Å². The zero-order valence-corrected chi connectivity index (χ0v) is 14.0. The van der Waals surface area contributed by atoms with E-state index in [0.717, 1.165) is 22.5 Å². The molecule has 0 saturated heterocycles. The van der Waals surface area contributed by atoms with E-state index in [-0.39, 0.29) is 22.2 Å². The standard InChI is InChI=1S/C15H13ClF3NO3S/c1-20(9-10-2-4-11(5-3-10)23-15(18)19)24(21,22)12-6-7-14(17)13(16)8-12/h2-8,15H,9H2,1H3. The summed E-state index contributed by atoms with van der Waals surface area (Å²) >= 11 is 5.61. The van der Waals surface area contributed by atoms with Crippen LogP contribution in [0.25, 0.3) is 0 Å². The number of ether oxygens (including phenoxy) is 1. The Labute approximate surface area is 142 Å². The summed E-state index contributed by atoms with van der Waals surface area (Å²) in [6, 6.07) is 8.70. The van der Waals surface area contributed by atoms with Gasteiger partial charge in [0.15, 0.2) is 0 Å². The zero-order chi connectivity index (χ0) is 17.9. The van der Waals surface area contributed by atoms with Gasteiger partial charge in [-0.25, -0.2) is 12.8 Å². The highest BCUT2D eigenvalue weighted by Gasteiger charge is 2.22. The summed E-state index contributed by atoms with van der Waals surface area (Å²) in [5.41, 5.74) is 0.566. The van der Waals surface area contributed by atoms with E-state index in [0.29, 0.717) is 5.56 Å². The molecule has 9 heteroatoms. The van der Waals surface area contributed by atoms with Crippen LogP contribution in [0.1, 0.15) is 5.56 Å². The third kappa shape index (κ3) is 4.40. The van der Waals surface area contributed by atoms with Crippen molar-refractivity contribution < 1.29 is 26.3 Å². The van der Waals surface area contributed by atoms with Crippen LogP contribution < -0.4 is 4.74 Å². The van der Waals surface area contributed by atoms with Crippen LogP contribution in [0, 0.1) is 5.82 Å². The van der Waals surface area contributed by atoms with Crippen molar-refractivity contribution in [3.8, 4) is 5.75 Å². The molecule has 2 rings (SSSR count). The minimum absolute atomic E-state index is 0.00765. The summed E-state index contributed by atoms with van der Waals surface area (Å²) in [7, 11) is -2.53. The van der Waals surface area contributed by atoms with Crippen molar-refractivity contribution in [2.75, 3.05) is 7.05 Å². The van der Waals surface area contributed by atoms with Crippen molar-refractivity contribution >= 4 is 21.6 Å². The van der Waals surface area contributed by atoms with Crippen LogP contribution in [0.2, 0.25) is 5.02 Å². The number of hydrogen-bond donors (Lipinski definition) is 0. The Kier molecular flexibility index (Phi) is 5.74. The molecule has 0 atom stereocenters. The van der Waals surface area contributed by atoms with Gasteiger partial charge in [0, 0.05) is 13.6 Å². The van der Waals surface area contributed by atoms with Gasteiger partial charge < -0.3 is 4.74 Å². The van der Waals surface area contributed by atoms with Gasteiger partial charge in [0.1, 0.15) is 11.6 Å². The van der Waals surface area contributed by atoms with Gasteiger partial charge in [0.25, 0.3) is 0 Å². The van der Waals surface area contributed by atoms with Crippen LogP contribution in [0.4, 0.5) is 13.2 Å². The Bertz CT molecular complexity index is 813. The molecule has 2 aromatic carbocycles. The molecule has 0 bridgehead atoms. The summed E-state index contributed by atoms with van der Waals surface area (Å²) in [5.74, 6) is -0.738. The summed E-state index contributed by atoms with van der Waals surface area (Å²) in [5, 5.41) is -0.294. The average Bonchev–Trinajstić information content (AvgIpc) is 2.51. The second kappa shape index (κ2) is 7.42. The largest absolute Gasteiger partial charge is 0.435 e. The van der Waals surface area contributed by atoms with Crippen LogP contribution in [0.3, 0.4) is 0 Å². The quantitative estimate of drug-likeness (QED) is 0.764. The Morgan fingerprint density at radius 3 is 2.33 bits per heavy atom. The Morgan fingerprint density at radius 1 is 1.17 bits per heavy atom. The summed E-state index contributed by atoms with van der Waals surface area (Å²) < 4.78 is 67.5. The van der Waals surface area contributed by atoms with Gasteiger partial charge in [-0.2, -0.15) is 13.1 Å². The fraction of sp³-hybridized carbons (Fsp3) is 0.200. The zero-order valence-electron chi connectivity index (χ0n) is 12.4. The minimum Gasteiger partial charge on any atom is -0.435 e. The number of rotatable bonds is 6. The first-order valence-electron chi connectivity index (χ1n) is 6.65. The van der Waals surface area contributed by atoms with Crippen molar-refractivity contribution in [1.29, 1.82) is 0 Å². The molecule has 0 heterocycles. The van der Waals surface area contributed by atoms with Crippen LogP contribution in [-0.2, 0) is 16.6 Å². The molecule has 0 saturated carbocycles. The lowest BCUT2D eigenvalue weighted by Gasteiger charge is -2.17. The van der Waals surface area contributed by atoms with Gasteiger partial charge in [0.05, 0.1) is 9.92 Å². The Morgan fingerprint density at radius 2 is 1.79 bits per heavy atom. The van der Waals surface area contributed by atoms with E-state index >= 15 is 0 Å². The second-order valence-electron chi connectivity index (χ2n) is 4.86. The molecule has 0 aromatic heterocycles. The number of hydrogen-bond acceptors (Lipinski definition) is 3. The lowest BCUT2D eigenvalue weighted by molar-refractivity contribution is -0.0498. The normalized spacial score (nSPS) is 12.0. The number of benzene rings is 2. The molecule has 0 aliphatic carbocycles. The molecule has 0 radical (unpaired) electrons. The number of alkyl halides is 2. The van der Waals surface area contributed by atoms with Crippen LogP contribution in [0.15, 0.2) is 47.4 Å². The van der Waals surface area contributed by atoms with Gasteiger partial charge in [-0.15, -0.1) is 0 Å². The predicted molar refractivity (Wildman–Crippen MR) is 83.1 cm³/mol. The minimum atomic E-state index is -3.87. The van der Waals surface area contributed by atoms with Crippen LogP contribution in [0.5, 0.6) is 5.75 Å². The maximum absolute atomic E-state index is 13.2. The molecule has 2 aromatic rings. The highest BCUT2D eigenvalue weighted by Crippen LogP contribution is 2.23. The molecule has 0 spiro atoms. The van der Waals surface area contributed by atoms with E-state index in [2.05, 4.69) is 4.74 Å². The molecule has 24 heavy (non-hydrogen) atoms. The summed E-state index contributed by atoms with van der Waals surface area (Å²) in [6.45, 7) is -2.94. The van der Waals surface area contributed by atoms with Crippen LogP contribution >= 0.6 is 11.6 Å². The van der Waals surface area contributed by atoms with Crippen molar-refractivity contribution in [3.05, 3.63) is 58.9 Å². The summed E-state index contributed by atoms with van der Waals surface area (Å²) in [6.07, 6.45) is 0. The topological polar surface area (TPSA) is 46.6 Å². The third-order valence-corrected chi connectivity index (χ3v) is 5.24. The van der Waals surface area contributed by atoms with Gasteiger partial charge in [-0.3, -0.25) is 0 Å². The molecule has 0 amide bonds. The molecule has 4 nitrogen and oxygen atoms in total. The number of nitrogens with zero attached hydrogens (tertiary/aromatic N) is 1. The van der Waals surface area contributed by atoms with Crippen molar-refractivity contribution in [3.63, 3.8) is 0 Å². The van der Waals surface area contributed by atoms with Crippen molar-refractivity contribution in [1.82, 2.24) is 4.31 Å². The molecule has 130 valence electrons. The Hall–Kier alpha value is -1.77. The molecular formula is C15H13ClF3NO3S. The third-order valence-electron chi connectivity index (χ3n) is 3.15. The lowest BCUT2D eigenvalue weighted by atomic mass is 10.2.